The summed E-state index contributed by atoms with van der Waals surface area (Å²) in [4.78, 5) is 26.0. The molecule has 0 spiro atoms. The van der Waals surface area contributed by atoms with Crippen LogP contribution in [0.1, 0.15) is 47.3 Å². The van der Waals surface area contributed by atoms with E-state index < -0.39 is 0 Å². The summed E-state index contributed by atoms with van der Waals surface area (Å²) in [5.74, 6) is 3.04. The summed E-state index contributed by atoms with van der Waals surface area (Å²) in [6, 6.07) is 5.96. The molecule has 1 atom stereocenters. The highest BCUT2D eigenvalue weighted by molar-refractivity contribution is 7.19. The molecule has 1 saturated carbocycles. The number of fused-ring (bicyclic) bond motifs is 3. The van der Waals surface area contributed by atoms with Crippen molar-refractivity contribution in [2.45, 2.75) is 45.1 Å². The lowest BCUT2D eigenvalue weighted by molar-refractivity contribution is 0.629. The second-order valence-electron chi connectivity index (χ2n) is 8.19. The van der Waals surface area contributed by atoms with Crippen LogP contribution in [0, 0.1) is 12.8 Å². The van der Waals surface area contributed by atoms with Crippen molar-refractivity contribution in [2.75, 3.05) is 5.32 Å². The van der Waals surface area contributed by atoms with Gasteiger partial charge in [-0.2, -0.15) is 0 Å². The zero-order valence-electron chi connectivity index (χ0n) is 16.8. The third kappa shape index (κ3) is 3.13. The van der Waals surface area contributed by atoms with Crippen molar-refractivity contribution in [3.63, 3.8) is 0 Å². The van der Waals surface area contributed by atoms with E-state index in [0.29, 0.717) is 5.92 Å². The number of anilines is 1. The minimum atomic E-state index is 0.0710. The Morgan fingerprint density at radius 2 is 2.03 bits per heavy atom. The fraction of sp³-hybridized carbons (Fsp3) is 0.348. The van der Waals surface area contributed by atoms with Gasteiger partial charge in [-0.25, -0.2) is 19.9 Å². The lowest BCUT2D eigenvalue weighted by Gasteiger charge is -2.19. The van der Waals surface area contributed by atoms with E-state index in [1.165, 1.54) is 35.1 Å². The third-order valence-corrected chi connectivity index (χ3v) is 7.15. The molecule has 0 unspecified atom stereocenters. The molecule has 0 saturated heterocycles. The molecule has 7 heteroatoms. The van der Waals surface area contributed by atoms with Gasteiger partial charge >= 0.3 is 0 Å². The lowest BCUT2D eigenvalue weighted by atomic mass is 10.1. The Labute approximate surface area is 178 Å². The van der Waals surface area contributed by atoms with Gasteiger partial charge in [0.15, 0.2) is 11.6 Å². The summed E-state index contributed by atoms with van der Waals surface area (Å²) in [5.41, 5.74) is 3.36. The highest BCUT2D eigenvalue weighted by atomic mass is 32.1. The maximum Gasteiger partial charge on any atom is 0.164 e. The van der Waals surface area contributed by atoms with Gasteiger partial charge < -0.3 is 5.32 Å². The number of hydrogen-bond acceptors (Lipinski definition) is 7. The molecule has 4 heterocycles. The molecule has 1 N–H and O–H groups in total. The van der Waals surface area contributed by atoms with E-state index in [0.717, 1.165) is 46.4 Å². The van der Waals surface area contributed by atoms with E-state index in [1.807, 2.05) is 48.9 Å². The summed E-state index contributed by atoms with van der Waals surface area (Å²) in [7, 11) is 0. The molecule has 0 aliphatic heterocycles. The largest absolute Gasteiger partial charge is 0.359 e. The van der Waals surface area contributed by atoms with Gasteiger partial charge in [-0.1, -0.05) is 0 Å². The Morgan fingerprint density at radius 3 is 2.83 bits per heavy atom. The summed E-state index contributed by atoms with van der Waals surface area (Å²) in [5, 5.41) is 4.96. The molecule has 150 valence electrons. The van der Waals surface area contributed by atoms with Crippen molar-refractivity contribution < 1.29 is 0 Å². The van der Waals surface area contributed by atoms with Gasteiger partial charge in [0, 0.05) is 34.7 Å². The van der Waals surface area contributed by atoms with Gasteiger partial charge in [-0.3, -0.25) is 4.98 Å². The van der Waals surface area contributed by atoms with Gasteiger partial charge in [0.2, 0.25) is 0 Å². The second kappa shape index (κ2) is 7.09. The number of rotatable bonds is 5. The number of thiophene rings is 1. The Hall–Kier alpha value is -2.93. The second-order valence-corrected chi connectivity index (χ2v) is 9.27. The fourth-order valence-corrected chi connectivity index (χ4v) is 5.57. The monoisotopic (exact) mass is 414 g/mol. The van der Waals surface area contributed by atoms with Crippen LogP contribution in [0.25, 0.3) is 21.6 Å². The average Bonchev–Trinajstić information content (AvgIpc) is 3.40. The molecule has 6 rings (SSSR count). The van der Waals surface area contributed by atoms with Crippen LogP contribution >= 0.6 is 11.3 Å². The molecular formula is C23H22N6S. The van der Waals surface area contributed by atoms with E-state index in [1.54, 1.807) is 6.20 Å². The maximum atomic E-state index is 5.01. The van der Waals surface area contributed by atoms with Crippen LogP contribution in [0.15, 0.2) is 36.8 Å². The van der Waals surface area contributed by atoms with Crippen LogP contribution in [0.4, 0.5) is 5.82 Å². The van der Waals surface area contributed by atoms with Gasteiger partial charge in [0.1, 0.15) is 10.6 Å². The summed E-state index contributed by atoms with van der Waals surface area (Å²) < 4.78 is 0. The minimum absolute atomic E-state index is 0.0710. The molecule has 0 radical (unpaired) electrons. The summed E-state index contributed by atoms with van der Waals surface area (Å²) >= 11 is 1.82. The van der Waals surface area contributed by atoms with Gasteiger partial charge in [-0.15, -0.1) is 11.3 Å². The molecule has 0 aromatic carbocycles. The zero-order chi connectivity index (χ0) is 20.1. The Morgan fingerprint density at radius 1 is 1.10 bits per heavy atom. The number of aryl methyl sites for hydroxylation is 3. The summed E-state index contributed by atoms with van der Waals surface area (Å²) in [6.45, 7) is 2.02. The van der Waals surface area contributed by atoms with E-state index in [4.69, 9.17) is 15.0 Å². The minimum Gasteiger partial charge on any atom is -0.359 e. The van der Waals surface area contributed by atoms with Crippen LogP contribution in [-0.4, -0.2) is 24.9 Å². The molecular weight excluding hydrogens is 392 g/mol. The molecule has 0 amide bonds. The molecule has 0 bridgehead atoms. The van der Waals surface area contributed by atoms with Gasteiger partial charge in [0.05, 0.1) is 11.4 Å². The molecule has 2 aliphatic rings. The molecule has 4 aromatic heterocycles. The van der Waals surface area contributed by atoms with Crippen molar-refractivity contribution in [3.05, 3.63) is 58.7 Å². The van der Waals surface area contributed by atoms with Crippen molar-refractivity contribution >= 4 is 27.4 Å². The van der Waals surface area contributed by atoms with E-state index in [2.05, 4.69) is 15.3 Å². The number of nitrogens with zero attached hydrogens (tertiary/aromatic N) is 5. The van der Waals surface area contributed by atoms with Crippen molar-refractivity contribution in [1.82, 2.24) is 24.9 Å². The van der Waals surface area contributed by atoms with Crippen molar-refractivity contribution in [2.24, 2.45) is 5.92 Å². The van der Waals surface area contributed by atoms with Crippen LogP contribution < -0.4 is 5.32 Å². The first-order valence-electron chi connectivity index (χ1n) is 10.5. The van der Waals surface area contributed by atoms with Gasteiger partial charge in [-0.05, 0) is 68.7 Å². The normalized spacial score (nSPS) is 16.6. The first-order valence-corrected chi connectivity index (χ1v) is 11.4. The van der Waals surface area contributed by atoms with Crippen LogP contribution in [-0.2, 0) is 12.8 Å². The predicted octanol–water partition coefficient (Wildman–Crippen LogP) is 4.90. The zero-order valence-corrected chi connectivity index (χ0v) is 17.6. The first kappa shape index (κ1) is 17.9. The number of pyridine rings is 1. The number of hydrogen-bond donors (Lipinski definition) is 1. The highest BCUT2D eigenvalue weighted by Gasteiger charge is 2.35. The smallest absolute Gasteiger partial charge is 0.164 e. The Balaban J connectivity index is 1.50. The SMILES string of the molecule is Cc1ccnc([C@H](Nc2nc(-c3cccnc3)nc3sc4c(c23)CCC4)C2CC2)n1. The lowest BCUT2D eigenvalue weighted by Crippen LogP contribution is -2.18. The average molecular weight is 415 g/mol. The highest BCUT2D eigenvalue weighted by Crippen LogP contribution is 2.45. The Kier molecular flexibility index (Phi) is 4.23. The Bertz CT molecular complexity index is 1230. The van der Waals surface area contributed by atoms with E-state index in [-0.39, 0.29) is 6.04 Å². The standard InChI is InChI=1S/C23H22N6S/c1-13-9-11-25-22(26-13)19(14-7-8-14)27-21-18-16-5-2-6-17(16)30-23(18)29-20(28-21)15-4-3-10-24-12-15/h3-4,9-12,14,19H,2,5-8H2,1H3,(H,27,28,29)/t19-/m1/s1. The predicted molar refractivity (Wildman–Crippen MR) is 119 cm³/mol. The summed E-state index contributed by atoms with van der Waals surface area (Å²) in [6.07, 6.45) is 11.3. The number of nitrogens with one attached hydrogen (secondary N) is 1. The van der Waals surface area contributed by atoms with Crippen LogP contribution in [0.3, 0.4) is 0 Å². The van der Waals surface area contributed by atoms with Gasteiger partial charge in [0.25, 0.3) is 0 Å². The molecule has 2 aliphatic carbocycles. The molecule has 1 fully saturated rings. The fourth-order valence-electron chi connectivity index (χ4n) is 4.31. The first-order chi connectivity index (χ1) is 14.8. The third-order valence-electron chi connectivity index (χ3n) is 5.96. The topological polar surface area (TPSA) is 76.5 Å². The van der Waals surface area contributed by atoms with Crippen molar-refractivity contribution in [1.29, 1.82) is 0 Å². The van der Waals surface area contributed by atoms with E-state index in [9.17, 15) is 0 Å². The quantitative estimate of drug-likeness (QED) is 0.500. The van der Waals surface area contributed by atoms with Crippen LogP contribution in [0.2, 0.25) is 0 Å². The van der Waals surface area contributed by atoms with Crippen LogP contribution in [0.5, 0.6) is 0 Å². The molecule has 30 heavy (non-hydrogen) atoms. The maximum absolute atomic E-state index is 5.01. The molecule has 4 aromatic rings. The van der Waals surface area contributed by atoms with Crippen molar-refractivity contribution in [3.8, 4) is 11.4 Å². The van der Waals surface area contributed by atoms with E-state index >= 15 is 0 Å². The molecule has 6 nitrogen and oxygen atoms in total. The number of aromatic nitrogens is 5.